The summed E-state index contributed by atoms with van der Waals surface area (Å²) in [5.41, 5.74) is 2.43. The maximum Gasteiger partial charge on any atom is 0.391 e. The predicted molar refractivity (Wildman–Crippen MR) is 118 cm³/mol. The van der Waals surface area contributed by atoms with Crippen LogP contribution in [-0.4, -0.2) is 32.2 Å². The van der Waals surface area contributed by atoms with Crippen molar-refractivity contribution in [3.63, 3.8) is 0 Å². The molecule has 4 aromatic rings. The Morgan fingerprint density at radius 2 is 1.97 bits per heavy atom. The van der Waals surface area contributed by atoms with Crippen molar-refractivity contribution in [3.05, 3.63) is 54.7 Å². The Morgan fingerprint density at radius 3 is 2.66 bits per heavy atom. The van der Waals surface area contributed by atoms with Gasteiger partial charge in [0.1, 0.15) is 17.2 Å². The van der Waals surface area contributed by atoms with Gasteiger partial charge in [0.2, 0.25) is 11.4 Å². The predicted octanol–water partition coefficient (Wildman–Crippen LogP) is 3.42. The monoisotopic (exact) mass is 453 g/mol. The van der Waals surface area contributed by atoms with Crippen molar-refractivity contribution in [1.29, 1.82) is 0 Å². The fourth-order valence-corrected chi connectivity index (χ4v) is 4.01. The molecule has 10 heteroatoms. The third-order valence-electron chi connectivity index (χ3n) is 5.29. The van der Waals surface area contributed by atoms with Gasteiger partial charge in [-0.3, -0.25) is 13.8 Å². The Balaban J connectivity index is 1.57. The lowest BCUT2D eigenvalue weighted by atomic mass is 10.0. The topological polar surface area (TPSA) is 126 Å². The Bertz CT molecular complexity index is 1380. The number of rotatable bonds is 6. The fraction of sp³-hybridized carbons (Fsp3) is 0.182. The molecule has 1 amide bonds. The van der Waals surface area contributed by atoms with E-state index in [9.17, 15) is 19.1 Å². The second-order valence-electron chi connectivity index (χ2n) is 7.66. The highest BCUT2D eigenvalue weighted by molar-refractivity contribution is 7.59. The second-order valence-corrected chi connectivity index (χ2v) is 9.19. The number of carbonyl (C=O) groups excluding carboxylic acids is 1. The number of ether oxygens (including phenoxy) is 1. The molecule has 0 spiro atoms. The third-order valence-corrected chi connectivity index (χ3v) is 6.11. The highest BCUT2D eigenvalue weighted by atomic mass is 31.2. The molecule has 0 saturated heterocycles. The number of pyridine rings is 1. The van der Waals surface area contributed by atoms with Gasteiger partial charge in [-0.05, 0) is 55.3 Å². The molecule has 0 unspecified atom stereocenters. The number of amides is 1. The third kappa shape index (κ3) is 3.93. The minimum absolute atomic E-state index is 0.0164. The van der Waals surface area contributed by atoms with Crippen LogP contribution < -0.4 is 15.6 Å². The van der Waals surface area contributed by atoms with Gasteiger partial charge in [0, 0.05) is 17.0 Å². The van der Waals surface area contributed by atoms with E-state index < -0.39 is 13.1 Å². The normalized spacial score (nSPS) is 14.0. The number of carbonyl (C=O) groups is 1. The van der Waals surface area contributed by atoms with Crippen molar-refractivity contribution >= 4 is 30.5 Å². The summed E-state index contributed by atoms with van der Waals surface area (Å²) >= 11 is 0. The van der Waals surface area contributed by atoms with Crippen LogP contribution in [0.4, 0.5) is 5.82 Å². The molecule has 1 fully saturated rings. The number of nitrogens with zero attached hydrogens (tertiary/aromatic N) is 2. The first-order valence-corrected chi connectivity index (χ1v) is 11.6. The molecule has 164 valence electrons. The molecule has 3 N–H and O–H groups in total. The molecular formula is C22H20N3O6P. The minimum Gasteiger partial charge on any atom is -0.497 e. The molecule has 1 aliphatic carbocycles. The number of anilines is 1. The first kappa shape index (κ1) is 20.5. The highest BCUT2D eigenvalue weighted by Gasteiger charge is 2.30. The number of benzene rings is 1. The fourth-order valence-electron chi connectivity index (χ4n) is 3.53. The summed E-state index contributed by atoms with van der Waals surface area (Å²) in [5.74, 6) is 1.39. The molecule has 3 heterocycles. The van der Waals surface area contributed by atoms with E-state index in [2.05, 4.69) is 10.3 Å². The number of nitrogens with one attached hydrogen (secondary N) is 1. The molecule has 0 bridgehead atoms. The van der Waals surface area contributed by atoms with Gasteiger partial charge in [-0.2, -0.15) is 0 Å². The summed E-state index contributed by atoms with van der Waals surface area (Å²) in [7, 11) is -2.96. The summed E-state index contributed by atoms with van der Waals surface area (Å²) < 4.78 is 24.2. The van der Waals surface area contributed by atoms with Crippen LogP contribution in [-0.2, 0) is 9.36 Å². The highest BCUT2D eigenvalue weighted by Crippen LogP contribution is 2.37. The lowest BCUT2D eigenvalue weighted by Gasteiger charge is -2.10. The Labute approximate surface area is 182 Å². The van der Waals surface area contributed by atoms with Crippen LogP contribution >= 0.6 is 7.60 Å². The molecule has 0 atom stereocenters. The number of imidazole rings is 1. The van der Waals surface area contributed by atoms with Gasteiger partial charge in [-0.1, -0.05) is 6.07 Å². The van der Waals surface area contributed by atoms with E-state index in [4.69, 9.17) is 9.15 Å². The molecule has 0 aliphatic heterocycles. The summed E-state index contributed by atoms with van der Waals surface area (Å²) in [5, 5.41) is 2.86. The molecule has 1 saturated carbocycles. The molecule has 9 nitrogen and oxygen atoms in total. The van der Waals surface area contributed by atoms with Gasteiger partial charge >= 0.3 is 7.60 Å². The molecule has 32 heavy (non-hydrogen) atoms. The van der Waals surface area contributed by atoms with Gasteiger partial charge in [0.15, 0.2) is 5.82 Å². The van der Waals surface area contributed by atoms with Crippen molar-refractivity contribution in [1.82, 2.24) is 9.38 Å². The maximum absolute atomic E-state index is 12.1. The Kier molecular flexibility index (Phi) is 4.89. The summed E-state index contributed by atoms with van der Waals surface area (Å²) in [6, 6.07) is 13.8. The van der Waals surface area contributed by atoms with Crippen molar-refractivity contribution in [2.24, 2.45) is 5.92 Å². The SMILES string of the molecule is COc1cc(-c2ccc(P(=O)(O)O)o2)cc(-c2cccc3nc(NC(=O)C4CC4)cn23)c1. The number of furan rings is 1. The molecular weight excluding hydrogens is 433 g/mol. The van der Waals surface area contributed by atoms with Crippen LogP contribution in [0.15, 0.2) is 59.1 Å². The Hall–Kier alpha value is -3.39. The zero-order valence-electron chi connectivity index (χ0n) is 17.1. The summed E-state index contributed by atoms with van der Waals surface area (Å²) in [4.78, 5) is 35.3. The van der Waals surface area contributed by atoms with Crippen molar-refractivity contribution in [3.8, 4) is 28.3 Å². The van der Waals surface area contributed by atoms with E-state index in [-0.39, 0.29) is 11.8 Å². The van der Waals surface area contributed by atoms with Crippen LogP contribution in [0, 0.1) is 5.92 Å². The lowest BCUT2D eigenvalue weighted by Crippen LogP contribution is -2.13. The van der Waals surface area contributed by atoms with Gasteiger partial charge in [0.05, 0.1) is 19.0 Å². The first-order valence-electron chi connectivity index (χ1n) is 9.96. The van der Waals surface area contributed by atoms with Crippen LogP contribution in [0.1, 0.15) is 12.8 Å². The van der Waals surface area contributed by atoms with Gasteiger partial charge in [-0.25, -0.2) is 4.98 Å². The summed E-state index contributed by atoms with van der Waals surface area (Å²) in [6.45, 7) is 0. The van der Waals surface area contributed by atoms with Crippen LogP contribution in [0.5, 0.6) is 5.75 Å². The number of aromatic nitrogens is 2. The van der Waals surface area contributed by atoms with Crippen LogP contribution in [0.3, 0.4) is 0 Å². The van der Waals surface area contributed by atoms with Crippen molar-refractivity contribution < 1.29 is 28.3 Å². The van der Waals surface area contributed by atoms with E-state index in [0.29, 0.717) is 28.5 Å². The van der Waals surface area contributed by atoms with Crippen molar-refractivity contribution in [2.75, 3.05) is 12.4 Å². The molecule has 0 radical (unpaired) electrons. The van der Waals surface area contributed by atoms with Gasteiger partial charge < -0.3 is 24.3 Å². The van der Waals surface area contributed by atoms with Crippen LogP contribution in [0.25, 0.3) is 28.2 Å². The van der Waals surface area contributed by atoms with E-state index >= 15 is 0 Å². The van der Waals surface area contributed by atoms with E-state index in [1.807, 2.05) is 34.7 Å². The average molecular weight is 453 g/mol. The Morgan fingerprint density at radius 1 is 1.19 bits per heavy atom. The van der Waals surface area contributed by atoms with Crippen LogP contribution in [0.2, 0.25) is 0 Å². The standard InChI is InChI=1S/C22H20N3O6P/c1-30-16-10-14(9-15(11-16)18-7-8-21(31-18)32(27,28)29)17-3-2-4-20-23-19(12-25(17)20)24-22(26)13-5-6-13/h2-4,7-13H,5-6H2,1H3,(H,24,26)(H2,27,28,29). The zero-order valence-corrected chi connectivity index (χ0v) is 18.0. The zero-order chi connectivity index (χ0) is 22.5. The minimum atomic E-state index is -4.50. The van der Waals surface area contributed by atoms with Crippen molar-refractivity contribution in [2.45, 2.75) is 12.8 Å². The van der Waals surface area contributed by atoms with E-state index in [1.54, 1.807) is 12.3 Å². The summed E-state index contributed by atoms with van der Waals surface area (Å²) in [6.07, 6.45) is 3.59. The maximum atomic E-state index is 12.1. The average Bonchev–Trinajstić information content (AvgIpc) is 3.34. The largest absolute Gasteiger partial charge is 0.497 e. The molecule has 3 aromatic heterocycles. The number of fused-ring (bicyclic) bond motifs is 1. The number of methoxy groups -OCH3 is 1. The van der Waals surface area contributed by atoms with E-state index in [0.717, 1.165) is 24.1 Å². The molecule has 1 aromatic carbocycles. The lowest BCUT2D eigenvalue weighted by molar-refractivity contribution is -0.117. The van der Waals surface area contributed by atoms with E-state index in [1.165, 1.54) is 19.2 Å². The number of hydrogen-bond acceptors (Lipinski definition) is 5. The smallest absolute Gasteiger partial charge is 0.391 e. The quantitative estimate of drug-likeness (QED) is 0.382. The molecule has 1 aliphatic rings. The molecule has 5 rings (SSSR count). The second kappa shape index (κ2) is 7.63. The van der Waals surface area contributed by atoms with Gasteiger partial charge in [-0.15, -0.1) is 0 Å². The number of hydrogen-bond donors (Lipinski definition) is 3. The van der Waals surface area contributed by atoms with Gasteiger partial charge in [0.25, 0.3) is 0 Å². The first-order chi connectivity index (χ1) is 15.3.